The Morgan fingerprint density at radius 1 is 0.864 bits per heavy atom. The minimum Gasteiger partial charge on any atom is -0.497 e. The molecule has 352 valence electrons. The third-order valence-electron chi connectivity index (χ3n) is 14.1. The highest BCUT2D eigenvalue weighted by Gasteiger charge is 2.78. The van der Waals surface area contributed by atoms with E-state index in [1.54, 1.807) is 66.7 Å². The van der Waals surface area contributed by atoms with Crippen molar-refractivity contribution in [3.05, 3.63) is 107 Å². The van der Waals surface area contributed by atoms with Gasteiger partial charge in [-0.1, -0.05) is 62.4 Å². The van der Waals surface area contributed by atoms with E-state index in [1.807, 2.05) is 0 Å². The van der Waals surface area contributed by atoms with Crippen molar-refractivity contribution >= 4 is 35.6 Å². The summed E-state index contributed by atoms with van der Waals surface area (Å²) in [6.45, 7) is 7.81. The standard InChI is InChI=1S/C49H55NO16/c1-25-33(64-45(58)38(54)37(28-15-11-9-12-16-28)50-43(56)29-17-13-10-14-18-29)23-49(59)42(65-44(57)31-21-30(60-7)19-20-32(31)61-8)40-47(6,34(53)22-35-48(40,24-62-35)66-27(3)52)41(55)39(63-26(2)51)36(25)46(49,4)5/h9-21,33-35,37-40,42,53-54,59H,22-24H2,1-8H3,(H,50,56)/t33-,34-,35+,37-,38+,39+,40-,42-,47+,48-,49+/m0/s1. The van der Waals surface area contributed by atoms with E-state index in [0.717, 1.165) is 13.8 Å². The SMILES string of the molecule is COc1ccc(OC)c(C(=O)O[C@H]2[C@@H]3[C@]4(OC(C)=O)CO[C@@H]4C[C@H](O)[C@@]3(C)C(=O)[C@H](OC(C)=O)C3=C(C)[C@@H](OC(=O)[C@H](O)[C@@H](NC(=O)c4ccccc4)c4ccccc4)C[C@]2(O)C3(C)C)c1. The van der Waals surface area contributed by atoms with Crippen LogP contribution in [-0.2, 0) is 42.9 Å². The second-order valence-electron chi connectivity index (χ2n) is 18.1. The number of fused-ring (bicyclic) bond motifs is 5. The smallest absolute Gasteiger partial charge is 0.342 e. The normalized spacial score (nSPS) is 30.6. The number of hydrogen-bond donors (Lipinski definition) is 4. The first kappa shape index (κ1) is 47.8. The molecule has 1 heterocycles. The van der Waals surface area contributed by atoms with Crippen LogP contribution in [0.4, 0.5) is 0 Å². The Morgan fingerprint density at radius 2 is 1.52 bits per heavy atom. The fourth-order valence-corrected chi connectivity index (χ4v) is 10.6. The molecule has 3 aromatic rings. The maximum atomic E-state index is 15.6. The third-order valence-corrected chi connectivity index (χ3v) is 14.1. The lowest BCUT2D eigenvalue weighted by molar-refractivity contribution is -0.346. The number of benzene rings is 3. The van der Waals surface area contributed by atoms with E-state index < -0.39 is 113 Å². The fourth-order valence-electron chi connectivity index (χ4n) is 10.6. The lowest BCUT2D eigenvalue weighted by atomic mass is 9.44. The number of carbonyl (C=O) groups is 6. The van der Waals surface area contributed by atoms with Crippen LogP contribution in [0.25, 0.3) is 0 Å². The van der Waals surface area contributed by atoms with Gasteiger partial charge in [0.2, 0.25) is 0 Å². The number of aliphatic hydroxyl groups excluding tert-OH is 2. The van der Waals surface area contributed by atoms with Gasteiger partial charge >= 0.3 is 23.9 Å². The van der Waals surface area contributed by atoms with Crippen LogP contribution in [0, 0.1) is 16.7 Å². The number of hydrogen-bond acceptors (Lipinski definition) is 16. The first-order valence-corrected chi connectivity index (χ1v) is 21.5. The molecule has 4 aliphatic rings. The third kappa shape index (κ3) is 7.90. The quantitative estimate of drug-likeness (QED) is 0.115. The first-order valence-electron chi connectivity index (χ1n) is 21.5. The van der Waals surface area contributed by atoms with Gasteiger partial charge in [-0.2, -0.15) is 0 Å². The number of amides is 1. The number of aliphatic hydroxyl groups is 3. The highest BCUT2D eigenvalue weighted by Crippen LogP contribution is 2.64. The van der Waals surface area contributed by atoms with E-state index in [2.05, 4.69) is 5.32 Å². The van der Waals surface area contributed by atoms with Crippen molar-refractivity contribution < 1.29 is 77.2 Å². The molecule has 11 atom stereocenters. The zero-order valence-corrected chi connectivity index (χ0v) is 37.9. The fraction of sp³-hybridized carbons (Fsp3) is 0.469. The Bertz CT molecular complexity index is 2440. The molecule has 0 radical (unpaired) electrons. The molecule has 3 aliphatic carbocycles. The number of ketones is 1. The molecular weight excluding hydrogens is 859 g/mol. The second kappa shape index (κ2) is 17.9. The zero-order chi connectivity index (χ0) is 48.1. The van der Waals surface area contributed by atoms with Gasteiger partial charge in [-0.15, -0.1) is 0 Å². The number of nitrogens with one attached hydrogen (secondary N) is 1. The van der Waals surface area contributed by atoms with Gasteiger partial charge in [-0.05, 0) is 60.9 Å². The van der Waals surface area contributed by atoms with Crippen LogP contribution in [0.3, 0.4) is 0 Å². The summed E-state index contributed by atoms with van der Waals surface area (Å²) in [7, 11) is 2.70. The van der Waals surface area contributed by atoms with Crippen LogP contribution in [0.2, 0.25) is 0 Å². The van der Waals surface area contributed by atoms with Crippen LogP contribution in [-0.4, -0.2) is 120 Å². The van der Waals surface area contributed by atoms with Crippen molar-refractivity contribution in [2.45, 2.75) is 108 Å². The predicted octanol–water partition coefficient (Wildman–Crippen LogP) is 3.75. The van der Waals surface area contributed by atoms with Crippen molar-refractivity contribution in [3.8, 4) is 11.5 Å². The molecule has 2 bridgehead atoms. The van der Waals surface area contributed by atoms with Crippen molar-refractivity contribution in [1.82, 2.24) is 5.32 Å². The molecule has 3 fully saturated rings. The Balaban J connectivity index is 1.41. The van der Waals surface area contributed by atoms with Gasteiger partial charge in [0.1, 0.15) is 41.0 Å². The van der Waals surface area contributed by atoms with Gasteiger partial charge in [-0.25, -0.2) is 9.59 Å². The molecule has 0 aromatic heterocycles. The lowest BCUT2D eigenvalue weighted by Crippen LogP contribution is -2.82. The number of carbonyl (C=O) groups excluding carboxylic acids is 6. The predicted molar refractivity (Wildman–Crippen MR) is 231 cm³/mol. The van der Waals surface area contributed by atoms with Gasteiger partial charge in [0, 0.05) is 37.7 Å². The number of ether oxygens (including phenoxy) is 7. The van der Waals surface area contributed by atoms with Crippen LogP contribution < -0.4 is 14.8 Å². The van der Waals surface area contributed by atoms with Crippen LogP contribution in [0.15, 0.2) is 90.0 Å². The van der Waals surface area contributed by atoms with E-state index in [1.165, 1.54) is 54.0 Å². The van der Waals surface area contributed by atoms with Gasteiger partial charge in [0.05, 0.1) is 44.3 Å². The molecule has 4 N–H and O–H groups in total. The molecule has 3 aromatic carbocycles. The average Bonchev–Trinajstić information content (AvgIpc) is 3.28. The molecule has 1 amide bonds. The molecule has 1 saturated heterocycles. The van der Waals surface area contributed by atoms with Gasteiger partial charge in [0.15, 0.2) is 23.6 Å². The van der Waals surface area contributed by atoms with E-state index in [0.29, 0.717) is 5.56 Å². The summed E-state index contributed by atoms with van der Waals surface area (Å²) in [4.78, 5) is 84.5. The summed E-state index contributed by atoms with van der Waals surface area (Å²) in [6.07, 6.45) is -10.9. The lowest BCUT2D eigenvalue weighted by Gasteiger charge is -2.67. The van der Waals surface area contributed by atoms with Crippen molar-refractivity contribution in [2.24, 2.45) is 16.7 Å². The van der Waals surface area contributed by atoms with Crippen molar-refractivity contribution in [1.29, 1.82) is 0 Å². The Morgan fingerprint density at radius 3 is 2.09 bits per heavy atom. The number of methoxy groups -OCH3 is 2. The van der Waals surface area contributed by atoms with Gasteiger partial charge < -0.3 is 53.8 Å². The summed E-state index contributed by atoms with van der Waals surface area (Å²) in [5.74, 6) is -6.93. The molecule has 66 heavy (non-hydrogen) atoms. The zero-order valence-electron chi connectivity index (χ0n) is 37.9. The van der Waals surface area contributed by atoms with Crippen molar-refractivity contribution in [2.75, 3.05) is 20.8 Å². The van der Waals surface area contributed by atoms with Crippen LogP contribution in [0.1, 0.15) is 86.7 Å². The van der Waals surface area contributed by atoms with Gasteiger partial charge in [0.25, 0.3) is 5.91 Å². The summed E-state index contributed by atoms with van der Waals surface area (Å²) < 4.78 is 41.4. The van der Waals surface area contributed by atoms with E-state index in [9.17, 15) is 39.3 Å². The Hall–Kier alpha value is -6.14. The summed E-state index contributed by atoms with van der Waals surface area (Å²) in [5.41, 5.74) is -7.64. The average molecular weight is 914 g/mol. The highest BCUT2D eigenvalue weighted by atomic mass is 16.6. The monoisotopic (exact) mass is 913 g/mol. The maximum Gasteiger partial charge on any atom is 0.342 e. The molecular formula is C49H55NO16. The summed E-state index contributed by atoms with van der Waals surface area (Å²) in [6, 6.07) is 19.3. The Labute approximate surface area is 381 Å². The molecule has 0 unspecified atom stereocenters. The minimum absolute atomic E-state index is 0.0406. The van der Waals surface area contributed by atoms with Gasteiger partial charge in [-0.3, -0.25) is 19.2 Å². The summed E-state index contributed by atoms with van der Waals surface area (Å²) >= 11 is 0. The Kier molecular flexibility index (Phi) is 13.0. The van der Waals surface area contributed by atoms with E-state index >= 15 is 4.79 Å². The largest absolute Gasteiger partial charge is 0.497 e. The first-order chi connectivity index (χ1) is 31.2. The molecule has 0 spiro atoms. The molecule has 17 heteroatoms. The van der Waals surface area contributed by atoms with E-state index in [-0.39, 0.29) is 46.8 Å². The van der Waals surface area contributed by atoms with E-state index in [4.69, 9.17) is 33.2 Å². The van der Waals surface area contributed by atoms with Crippen LogP contribution in [0.5, 0.6) is 11.5 Å². The molecule has 1 aliphatic heterocycles. The second-order valence-corrected chi connectivity index (χ2v) is 18.1. The van der Waals surface area contributed by atoms with Crippen molar-refractivity contribution in [3.63, 3.8) is 0 Å². The molecule has 17 nitrogen and oxygen atoms in total. The molecule has 7 rings (SSSR count). The number of esters is 4. The topological polar surface area (TPSA) is 240 Å². The number of Topliss-reactive ketones (excluding diaryl/α,β-unsaturated/α-hetero) is 1. The van der Waals surface area contributed by atoms with Crippen LogP contribution >= 0.6 is 0 Å². The minimum atomic E-state index is -2.48. The highest BCUT2D eigenvalue weighted by molar-refractivity contribution is 5.97. The maximum absolute atomic E-state index is 15.6. The molecule has 2 saturated carbocycles. The summed E-state index contributed by atoms with van der Waals surface area (Å²) in [5, 5.41) is 40.6. The number of rotatable bonds is 12.